The Bertz CT molecular complexity index is 4260. The summed E-state index contributed by atoms with van der Waals surface area (Å²) in [5.74, 6) is 0. The first-order valence-electron chi connectivity index (χ1n) is 25.7. The Morgan fingerprint density at radius 3 is 0.921 bits per heavy atom. The van der Waals surface area contributed by atoms with Crippen LogP contribution in [0.15, 0.2) is 296 Å². The predicted molar refractivity (Wildman–Crippen MR) is 329 cm³/mol. The predicted octanol–water partition coefficient (Wildman–Crippen LogP) is 18.8. The maximum atomic E-state index is 8.58. The number of hydrogen-bond acceptors (Lipinski definition) is 2. The summed E-state index contributed by atoms with van der Waals surface area (Å²) in [7, 11) is -1.34. The van der Waals surface area contributed by atoms with Crippen LogP contribution in [0.4, 0.5) is 0 Å². The molecule has 0 heterocycles. The van der Waals surface area contributed by atoms with Crippen LogP contribution < -0.4 is 5.46 Å². The molecule has 0 atom stereocenters. The van der Waals surface area contributed by atoms with Crippen molar-refractivity contribution in [2.24, 2.45) is 0 Å². The van der Waals surface area contributed by atoms with Gasteiger partial charge in [0.25, 0.3) is 0 Å². The van der Waals surface area contributed by atoms with Crippen molar-refractivity contribution in [1.29, 1.82) is 0 Å². The highest BCUT2D eigenvalue weighted by Gasteiger charge is 2.19. The van der Waals surface area contributed by atoms with Gasteiger partial charge >= 0.3 is 7.12 Å². The SMILES string of the molecule is Brc1c2ccccc2c(-c2cccc3ccc(-c4ccccc4)cc23)c2ccccc12.OB(O)c1ccccc1.c1ccc(-c2ccc3cccc(-c4c5ccccc5c(-c5ccccc5)c5ccccc45)c3c2)cc1. The van der Waals surface area contributed by atoms with Crippen molar-refractivity contribution in [3.05, 3.63) is 296 Å². The Labute approximate surface area is 451 Å². The minimum atomic E-state index is -1.34. The van der Waals surface area contributed by atoms with Gasteiger partial charge in [-0.15, -0.1) is 0 Å². The van der Waals surface area contributed by atoms with Gasteiger partial charge in [-0.25, -0.2) is 0 Å². The van der Waals surface area contributed by atoms with Crippen LogP contribution >= 0.6 is 15.9 Å². The van der Waals surface area contributed by atoms with E-state index in [-0.39, 0.29) is 0 Å². The van der Waals surface area contributed by atoms with Gasteiger partial charge in [-0.3, -0.25) is 0 Å². The van der Waals surface area contributed by atoms with Gasteiger partial charge in [0.15, 0.2) is 0 Å². The molecule has 0 saturated heterocycles. The van der Waals surface area contributed by atoms with Crippen LogP contribution in [0.1, 0.15) is 0 Å². The van der Waals surface area contributed by atoms with E-state index in [0.29, 0.717) is 5.46 Å². The number of halogens is 1. The van der Waals surface area contributed by atoms with Gasteiger partial charge in [0.05, 0.1) is 0 Å². The van der Waals surface area contributed by atoms with Crippen LogP contribution in [0, 0.1) is 0 Å². The van der Waals surface area contributed by atoms with Gasteiger partial charge in [0.1, 0.15) is 0 Å². The summed E-state index contributed by atoms with van der Waals surface area (Å²) in [5, 5.41) is 32.4. The maximum Gasteiger partial charge on any atom is 0.488 e. The van der Waals surface area contributed by atoms with E-state index in [2.05, 4.69) is 277 Å². The van der Waals surface area contributed by atoms with Crippen molar-refractivity contribution >= 4 is 93.1 Å². The van der Waals surface area contributed by atoms with Crippen molar-refractivity contribution in [3.8, 4) is 55.6 Å². The van der Waals surface area contributed by atoms with E-state index in [1.807, 2.05) is 6.07 Å². The first-order valence-corrected chi connectivity index (χ1v) is 26.5. The van der Waals surface area contributed by atoms with Crippen LogP contribution in [-0.4, -0.2) is 17.2 Å². The largest absolute Gasteiger partial charge is 0.488 e. The van der Waals surface area contributed by atoms with Crippen molar-refractivity contribution in [1.82, 2.24) is 0 Å². The monoisotopic (exact) mass is 1040 g/mol. The highest BCUT2D eigenvalue weighted by Crippen LogP contribution is 2.47. The Hall–Kier alpha value is -8.90. The highest BCUT2D eigenvalue weighted by molar-refractivity contribution is 9.10. The van der Waals surface area contributed by atoms with E-state index in [1.54, 1.807) is 24.3 Å². The van der Waals surface area contributed by atoms with Gasteiger partial charge in [-0.1, -0.05) is 279 Å². The molecule has 4 heteroatoms. The molecule has 0 radical (unpaired) electrons. The zero-order chi connectivity index (χ0) is 51.4. The zero-order valence-corrected chi connectivity index (χ0v) is 43.1. The topological polar surface area (TPSA) is 40.5 Å². The molecule has 0 spiro atoms. The maximum absolute atomic E-state index is 8.58. The molecule has 0 aliphatic heterocycles. The number of hydrogen-bond donors (Lipinski definition) is 2. The molecule has 0 aliphatic carbocycles. The van der Waals surface area contributed by atoms with Gasteiger partial charge in [0.2, 0.25) is 0 Å². The summed E-state index contributed by atoms with van der Waals surface area (Å²) in [6.45, 7) is 0. The molecule has 0 unspecified atom stereocenters. The minimum absolute atomic E-state index is 0.525. The molecule has 360 valence electrons. The first-order chi connectivity index (χ1) is 37.5. The normalized spacial score (nSPS) is 11.1. The molecule has 14 rings (SSSR count). The Morgan fingerprint density at radius 2 is 0.553 bits per heavy atom. The smallest absolute Gasteiger partial charge is 0.423 e. The summed E-state index contributed by atoms with van der Waals surface area (Å²) in [4.78, 5) is 0. The van der Waals surface area contributed by atoms with Crippen LogP contribution in [0.5, 0.6) is 0 Å². The molecule has 0 aromatic heterocycles. The third-order valence-corrected chi connectivity index (χ3v) is 15.3. The Morgan fingerprint density at radius 1 is 0.237 bits per heavy atom. The van der Waals surface area contributed by atoms with E-state index >= 15 is 0 Å². The van der Waals surface area contributed by atoms with Gasteiger partial charge in [0, 0.05) is 4.47 Å². The number of benzene rings is 14. The quantitative estimate of drug-likeness (QED) is 0.129. The lowest BCUT2D eigenvalue weighted by Crippen LogP contribution is -2.29. The fourth-order valence-electron chi connectivity index (χ4n) is 10.9. The standard InChI is InChI=1S/C36H24.C30H19Br.C6H7BO2/c1-3-12-25(13-4-1)28-23-22-26-16-11-21-33(34(26)24-28)36-31-19-9-7-17-29(31)35(27-14-5-2-6-15-27)30-18-8-10-20-32(30)36;31-30-26-14-6-4-12-23(26)29(24-13-5-7-15-27(24)30)25-16-8-11-21-17-18-22(19-28(21)25)20-9-2-1-3-10-20;8-7(9)6-4-2-1-3-5-6/h1-24H;1-19H;1-5,8-9H. The first kappa shape index (κ1) is 48.1. The highest BCUT2D eigenvalue weighted by atomic mass is 79.9. The molecule has 76 heavy (non-hydrogen) atoms. The van der Waals surface area contributed by atoms with Gasteiger partial charge in [-0.05, 0) is 154 Å². The molecule has 0 aliphatic rings. The van der Waals surface area contributed by atoms with E-state index in [0.717, 1.165) is 4.47 Å². The molecule has 14 aromatic rings. The van der Waals surface area contributed by atoms with Crippen LogP contribution in [0.25, 0.3) is 120 Å². The molecule has 2 N–H and O–H groups in total. The number of fused-ring (bicyclic) bond motifs is 6. The van der Waals surface area contributed by atoms with Crippen molar-refractivity contribution in [2.75, 3.05) is 0 Å². The Kier molecular flexibility index (Phi) is 13.6. The van der Waals surface area contributed by atoms with Crippen LogP contribution in [0.3, 0.4) is 0 Å². The molecule has 0 saturated carbocycles. The molecule has 0 amide bonds. The molecule has 2 nitrogen and oxygen atoms in total. The number of rotatable bonds is 6. The Balaban J connectivity index is 0.000000133. The second kappa shape index (κ2) is 21.5. The lowest BCUT2D eigenvalue weighted by molar-refractivity contribution is 0.426. The lowest BCUT2D eigenvalue weighted by atomic mass is 9.81. The fourth-order valence-corrected chi connectivity index (χ4v) is 11.6. The van der Waals surface area contributed by atoms with E-state index in [4.69, 9.17) is 10.0 Å². The average molecular weight is 1040 g/mol. The molecular weight excluding hydrogens is 988 g/mol. The summed E-state index contributed by atoms with van der Waals surface area (Å²) in [6, 6.07) is 103. The van der Waals surface area contributed by atoms with Crippen LogP contribution in [0.2, 0.25) is 0 Å². The van der Waals surface area contributed by atoms with Crippen molar-refractivity contribution in [2.45, 2.75) is 0 Å². The van der Waals surface area contributed by atoms with Crippen LogP contribution in [-0.2, 0) is 0 Å². The van der Waals surface area contributed by atoms with Crippen molar-refractivity contribution < 1.29 is 10.0 Å². The van der Waals surface area contributed by atoms with Gasteiger partial charge < -0.3 is 10.0 Å². The third-order valence-electron chi connectivity index (χ3n) is 14.5. The summed E-state index contributed by atoms with van der Waals surface area (Å²) in [6.07, 6.45) is 0. The zero-order valence-electron chi connectivity index (χ0n) is 41.6. The minimum Gasteiger partial charge on any atom is -0.423 e. The lowest BCUT2D eigenvalue weighted by Gasteiger charge is -2.19. The fraction of sp³-hybridized carbons (Fsp3) is 0. The molecular formula is C72H50BBrO2. The second-order valence-corrected chi connectivity index (χ2v) is 19.8. The second-order valence-electron chi connectivity index (χ2n) is 19.0. The summed E-state index contributed by atoms with van der Waals surface area (Å²) < 4.78 is 1.16. The molecule has 0 fully saturated rings. The van der Waals surface area contributed by atoms with Gasteiger partial charge in [-0.2, -0.15) is 0 Å². The van der Waals surface area contributed by atoms with E-state index < -0.39 is 7.12 Å². The van der Waals surface area contributed by atoms with Crippen molar-refractivity contribution in [3.63, 3.8) is 0 Å². The molecule has 14 aromatic carbocycles. The van der Waals surface area contributed by atoms with E-state index in [9.17, 15) is 0 Å². The molecule has 0 bridgehead atoms. The summed E-state index contributed by atoms with van der Waals surface area (Å²) >= 11 is 3.88. The summed E-state index contributed by atoms with van der Waals surface area (Å²) in [5.41, 5.74) is 13.2. The average Bonchev–Trinajstić information content (AvgIpc) is 3.56. The third kappa shape index (κ3) is 9.36. The van der Waals surface area contributed by atoms with E-state index in [1.165, 1.54) is 120 Å².